The first-order valence-electron chi connectivity index (χ1n) is 20.8. The van der Waals surface area contributed by atoms with Crippen molar-refractivity contribution in [2.75, 3.05) is 0 Å². The van der Waals surface area contributed by atoms with E-state index in [1.54, 1.807) is 5.82 Å². The second-order valence-corrected chi connectivity index (χ2v) is 14.8. The minimum Gasteiger partial charge on any atom is -0.234 e. The Morgan fingerprint density at radius 2 is 0.727 bits per heavy atom. The van der Waals surface area contributed by atoms with Crippen LogP contribution in [0, 0.1) is 0 Å². The maximum absolute atomic E-state index is 2.59. The van der Waals surface area contributed by atoms with E-state index in [0.717, 1.165) is 0 Å². The lowest BCUT2D eigenvalue weighted by atomic mass is 10.0. The van der Waals surface area contributed by atoms with Crippen LogP contribution in [0.1, 0.15) is 245 Å². The fourth-order valence-corrected chi connectivity index (χ4v) is 7.08. The summed E-state index contributed by atoms with van der Waals surface area (Å²) in [6.07, 6.45) is 52.2. The fraction of sp³-hybridized carbons (Fsp3) is 0.929. The minimum absolute atomic E-state index is 0.568. The highest BCUT2D eigenvalue weighted by atomic mass is 15.2. The number of aromatic nitrogens is 2. The highest BCUT2D eigenvalue weighted by Crippen LogP contribution is 2.17. The van der Waals surface area contributed by atoms with Gasteiger partial charge in [-0.3, -0.25) is 0 Å². The topological polar surface area (TPSA) is 8.81 Å². The molecule has 0 aromatic carbocycles. The van der Waals surface area contributed by atoms with Gasteiger partial charge in [-0.25, -0.2) is 9.13 Å². The van der Waals surface area contributed by atoms with Gasteiger partial charge >= 0.3 is 0 Å². The van der Waals surface area contributed by atoms with Crippen molar-refractivity contribution in [3.63, 3.8) is 0 Å². The molecule has 0 spiro atoms. The Morgan fingerprint density at radius 3 is 1.05 bits per heavy atom. The van der Waals surface area contributed by atoms with E-state index in [4.69, 9.17) is 0 Å². The Morgan fingerprint density at radius 1 is 0.432 bits per heavy atom. The van der Waals surface area contributed by atoms with E-state index in [2.05, 4.69) is 49.2 Å². The maximum Gasteiger partial charge on any atom is 0.256 e. The number of aryl methyl sites for hydroxylation is 1. The molecule has 1 heterocycles. The van der Waals surface area contributed by atoms with Gasteiger partial charge in [-0.05, 0) is 33.1 Å². The van der Waals surface area contributed by atoms with Crippen LogP contribution in [0.3, 0.4) is 0 Å². The summed E-state index contributed by atoms with van der Waals surface area (Å²) < 4.78 is 5.13. The second-order valence-electron chi connectivity index (χ2n) is 14.8. The van der Waals surface area contributed by atoms with Crippen LogP contribution < -0.4 is 4.57 Å². The molecule has 1 rings (SSSR count). The summed E-state index contributed by atoms with van der Waals surface area (Å²) in [7, 11) is 0. The summed E-state index contributed by atoms with van der Waals surface area (Å²) in [6.45, 7) is 10.5. The highest BCUT2D eigenvalue weighted by Gasteiger charge is 2.18. The molecule has 0 fully saturated rings. The third kappa shape index (κ3) is 24.4. The Kier molecular flexibility index (Phi) is 30.1. The lowest BCUT2D eigenvalue weighted by molar-refractivity contribution is -0.704. The SMILES string of the molecule is CCCCCCCCCCCCCCCCCCC[n+]1ccn(C(C)C)c1CCCCCCCCCCCCCCCCC. The predicted molar refractivity (Wildman–Crippen MR) is 198 cm³/mol. The van der Waals surface area contributed by atoms with Crippen molar-refractivity contribution in [1.29, 1.82) is 0 Å². The minimum atomic E-state index is 0.568. The zero-order chi connectivity index (χ0) is 31.8. The van der Waals surface area contributed by atoms with Crippen LogP contribution >= 0.6 is 0 Å². The Labute approximate surface area is 279 Å². The average molecular weight is 616 g/mol. The normalized spacial score (nSPS) is 11.8. The Hall–Kier alpha value is -0.790. The van der Waals surface area contributed by atoms with Crippen molar-refractivity contribution in [1.82, 2.24) is 4.57 Å². The molecule has 2 heteroatoms. The first-order valence-corrected chi connectivity index (χ1v) is 20.8. The molecular weight excluding hydrogens is 532 g/mol. The van der Waals surface area contributed by atoms with Gasteiger partial charge in [0.2, 0.25) is 0 Å². The molecule has 0 aliphatic carbocycles. The molecule has 0 N–H and O–H groups in total. The van der Waals surface area contributed by atoms with Gasteiger partial charge in [0.15, 0.2) is 0 Å². The highest BCUT2D eigenvalue weighted by molar-refractivity contribution is 4.86. The van der Waals surface area contributed by atoms with Crippen molar-refractivity contribution >= 4 is 0 Å². The fourth-order valence-electron chi connectivity index (χ4n) is 7.08. The number of nitrogens with zero attached hydrogens (tertiary/aromatic N) is 2. The van der Waals surface area contributed by atoms with Crippen molar-refractivity contribution in [2.24, 2.45) is 0 Å². The summed E-state index contributed by atoms with van der Waals surface area (Å²) in [6, 6.07) is 0.568. The molecule has 1 aromatic heterocycles. The number of hydrogen-bond acceptors (Lipinski definition) is 0. The van der Waals surface area contributed by atoms with Gasteiger partial charge in [0, 0.05) is 6.42 Å². The Balaban J connectivity index is 2.00. The molecule has 0 saturated carbocycles. The van der Waals surface area contributed by atoms with Gasteiger partial charge in [-0.15, -0.1) is 0 Å². The third-order valence-electron chi connectivity index (χ3n) is 10.1. The lowest BCUT2D eigenvalue weighted by Gasteiger charge is -2.08. The van der Waals surface area contributed by atoms with E-state index in [1.807, 2.05) is 0 Å². The van der Waals surface area contributed by atoms with Gasteiger partial charge in [-0.2, -0.15) is 0 Å². The summed E-state index contributed by atoms with van der Waals surface area (Å²) in [5.41, 5.74) is 0. The number of hydrogen-bond donors (Lipinski definition) is 0. The molecule has 0 aliphatic rings. The molecule has 1 aromatic rings. The van der Waals surface area contributed by atoms with Crippen LogP contribution in [0.5, 0.6) is 0 Å². The van der Waals surface area contributed by atoms with Gasteiger partial charge in [-0.1, -0.05) is 200 Å². The number of unbranched alkanes of at least 4 members (excludes halogenated alkanes) is 30. The molecule has 2 nitrogen and oxygen atoms in total. The molecule has 0 radical (unpaired) electrons. The molecule has 0 saturated heterocycles. The monoisotopic (exact) mass is 616 g/mol. The van der Waals surface area contributed by atoms with Gasteiger partial charge in [0.05, 0.1) is 12.6 Å². The second kappa shape index (κ2) is 32.2. The molecule has 0 atom stereocenters. The lowest BCUT2D eigenvalue weighted by Crippen LogP contribution is -2.37. The molecule has 260 valence electrons. The standard InChI is InChI=1S/C42H83N2/c1-5-7-9-11-13-15-17-19-21-22-24-26-28-30-32-34-36-38-43-39-40-44(41(3)4)42(43)37-35-33-31-29-27-25-23-20-18-16-14-12-10-8-6-2/h39-41H,5-38H2,1-4H3/q+1. The van der Waals surface area contributed by atoms with Crippen molar-refractivity contribution in [3.05, 3.63) is 18.2 Å². The van der Waals surface area contributed by atoms with Crippen molar-refractivity contribution in [2.45, 2.75) is 252 Å². The molecule has 0 unspecified atom stereocenters. The zero-order valence-corrected chi connectivity index (χ0v) is 31.2. The first kappa shape index (κ1) is 41.2. The molecule has 0 amide bonds. The van der Waals surface area contributed by atoms with Crippen molar-refractivity contribution in [3.8, 4) is 0 Å². The predicted octanol–water partition coefficient (Wildman–Crippen LogP) is 14.4. The number of rotatable bonds is 35. The molecule has 0 aliphatic heterocycles. The molecule has 44 heavy (non-hydrogen) atoms. The van der Waals surface area contributed by atoms with Gasteiger partial charge in [0.1, 0.15) is 12.4 Å². The smallest absolute Gasteiger partial charge is 0.234 e. The molecular formula is C42H83N2+. The van der Waals surface area contributed by atoms with Crippen LogP contribution in [-0.2, 0) is 13.0 Å². The first-order chi connectivity index (χ1) is 21.7. The zero-order valence-electron chi connectivity index (χ0n) is 31.2. The quantitative estimate of drug-likeness (QED) is 0.0530. The summed E-state index contributed by atoms with van der Waals surface area (Å²) in [4.78, 5) is 0. The van der Waals surface area contributed by atoms with Crippen LogP contribution in [0.25, 0.3) is 0 Å². The van der Waals surface area contributed by atoms with Gasteiger partial charge < -0.3 is 0 Å². The van der Waals surface area contributed by atoms with Gasteiger partial charge in [0.25, 0.3) is 5.82 Å². The Bertz CT molecular complexity index is 690. The van der Waals surface area contributed by atoms with E-state index in [9.17, 15) is 0 Å². The van der Waals surface area contributed by atoms with Crippen LogP contribution in [0.15, 0.2) is 12.4 Å². The maximum atomic E-state index is 2.59. The van der Waals surface area contributed by atoms with E-state index in [-0.39, 0.29) is 0 Å². The summed E-state index contributed by atoms with van der Waals surface area (Å²) in [5, 5.41) is 0. The number of imidazole rings is 1. The summed E-state index contributed by atoms with van der Waals surface area (Å²) >= 11 is 0. The van der Waals surface area contributed by atoms with Crippen LogP contribution in [-0.4, -0.2) is 4.57 Å². The van der Waals surface area contributed by atoms with Crippen molar-refractivity contribution < 1.29 is 4.57 Å². The average Bonchev–Trinajstić information content (AvgIpc) is 3.43. The third-order valence-corrected chi connectivity index (χ3v) is 10.1. The van der Waals surface area contributed by atoms with Crippen LogP contribution in [0.4, 0.5) is 0 Å². The largest absolute Gasteiger partial charge is 0.256 e. The molecule has 0 bridgehead atoms. The van der Waals surface area contributed by atoms with Crippen LogP contribution in [0.2, 0.25) is 0 Å². The van der Waals surface area contributed by atoms with E-state index < -0.39 is 0 Å². The van der Waals surface area contributed by atoms with E-state index >= 15 is 0 Å². The van der Waals surface area contributed by atoms with E-state index in [0.29, 0.717) is 6.04 Å². The summed E-state index contributed by atoms with van der Waals surface area (Å²) in [5.74, 6) is 1.58. The van der Waals surface area contributed by atoms with E-state index in [1.165, 1.54) is 218 Å².